The lowest BCUT2D eigenvalue weighted by molar-refractivity contribution is -0.141. The number of anilines is 3. The number of nitrogens with one attached hydrogen (secondary N) is 2. The van der Waals surface area contributed by atoms with Gasteiger partial charge >= 0.3 is 12.3 Å². The summed E-state index contributed by atoms with van der Waals surface area (Å²) in [5, 5.41) is 6.31. The zero-order valence-electron chi connectivity index (χ0n) is 24.9. The maximum absolute atomic E-state index is 13.0. The molecule has 2 N–H and O–H groups in total. The fourth-order valence-electron chi connectivity index (χ4n) is 6.15. The van der Waals surface area contributed by atoms with Crippen molar-refractivity contribution in [3.8, 4) is 11.3 Å². The van der Waals surface area contributed by atoms with Gasteiger partial charge in [-0.25, -0.2) is 14.8 Å². The van der Waals surface area contributed by atoms with E-state index in [4.69, 9.17) is 9.15 Å². The Kier molecular flexibility index (Phi) is 9.17. The Morgan fingerprint density at radius 2 is 1.86 bits per heavy atom. The van der Waals surface area contributed by atoms with Crippen LogP contribution in [0.4, 0.5) is 35.4 Å². The number of alkyl halides is 3. The van der Waals surface area contributed by atoms with Gasteiger partial charge in [-0.15, -0.1) is 0 Å². The Morgan fingerprint density at radius 1 is 1.05 bits per heavy atom. The Hall–Kier alpha value is -3.76. The average Bonchev–Trinajstić information content (AvgIpc) is 3.42. The van der Waals surface area contributed by atoms with Gasteiger partial charge in [-0.2, -0.15) is 13.2 Å². The van der Waals surface area contributed by atoms with E-state index >= 15 is 0 Å². The van der Waals surface area contributed by atoms with E-state index in [0.29, 0.717) is 29.3 Å². The Morgan fingerprint density at radius 3 is 2.60 bits per heavy atom. The van der Waals surface area contributed by atoms with Gasteiger partial charge in [0, 0.05) is 30.4 Å². The van der Waals surface area contributed by atoms with Gasteiger partial charge in [0.05, 0.1) is 18.1 Å². The molecule has 2 aromatic heterocycles. The van der Waals surface area contributed by atoms with E-state index in [2.05, 4.69) is 25.5 Å². The number of aromatic nitrogens is 2. The highest BCUT2D eigenvalue weighted by Crippen LogP contribution is 2.36. The molecule has 0 radical (unpaired) electrons. The highest BCUT2D eigenvalue weighted by molar-refractivity contribution is 5.86. The molecule has 232 valence electrons. The lowest BCUT2D eigenvalue weighted by Gasteiger charge is -2.39. The molecule has 8 nitrogen and oxygen atoms in total. The molecule has 1 saturated heterocycles. The third kappa shape index (κ3) is 8.42. The van der Waals surface area contributed by atoms with Crippen LogP contribution in [0, 0.1) is 11.8 Å². The number of rotatable bonds is 7. The quantitative estimate of drug-likeness (QED) is 0.282. The molecular formula is C32H40F3N5O3. The largest absolute Gasteiger partial charge is 0.444 e. The van der Waals surface area contributed by atoms with Crippen molar-refractivity contribution in [3.63, 3.8) is 0 Å². The molecule has 1 aromatic carbocycles. The molecule has 0 spiro atoms. The summed E-state index contributed by atoms with van der Waals surface area (Å²) in [5.41, 5.74) is 0.673. The summed E-state index contributed by atoms with van der Waals surface area (Å²) in [4.78, 5) is 22.5. The van der Waals surface area contributed by atoms with Crippen molar-refractivity contribution in [2.45, 2.75) is 83.5 Å². The van der Waals surface area contributed by atoms with E-state index in [-0.39, 0.29) is 6.04 Å². The third-order valence-corrected chi connectivity index (χ3v) is 8.07. The lowest BCUT2D eigenvalue weighted by atomic mass is 9.77. The molecule has 11 heteroatoms. The molecule has 1 amide bonds. The van der Waals surface area contributed by atoms with Crippen LogP contribution in [-0.4, -0.2) is 40.8 Å². The van der Waals surface area contributed by atoms with Crippen molar-refractivity contribution < 1.29 is 27.1 Å². The summed E-state index contributed by atoms with van der Waals surface area (Å²) in [6, 6.07) is 10.6. The monoisotopic (exact) mass is 599 g/mol. The molecule has 43 heavy (non-hydrogen) atoms. The number of pyridine rings is 1. The van der Waals surface area contributed by atoms with Crippen LogP contribution >= 0.6 is 0 Å². The topological polar surface area (TPSA) is 92.5 Å². The smallest absolute Gasteiger partial charge is 0.433 e. The van der Waals surface area contributed by atoms with Gasteiger partial charge < -0.3 is 19.4 Å². The normalized spacial score (nSPS) is 21.3. The lowest BCUT2D eigenvalue weighted by Crippen LogP contribution is -2.39. The van der Waals surface area contributed by atoms with Gasteiger partial charge in [0.2, 0.25) is 0 Å². The summed E-state index contributed by atoms with van der Waals surface area (Å²) in [6.07, 6.45) is 5.66. The second-order valence-corrected chi connectivity index (χ2v) is 12.6. The van der Waals surface area contributed by atoms with Crippen LogP contribution in [-0.2, 0) is 10.9 Å². The van der Waals surface area contributed by atoms with E-state index in [1.54, 1.807) is 12.3 Å². The number of hydrogen-bond donors (Lipinski definition) is 2. The summed E-state index contributed by atoms with van der Waals surface area (Å²) < 4.78 is 50.3. The number of benzene rings is 1. The molecule has 0 bridgehead atoms. The number of halogens is 3. The van der Waals surface area contributed by atoms with Crippen LogP contribution in [0.5, 0.6) is 0 Å². The summed E-state index contributed by atoms with van der Waals surface area (Å²) in [7, 11) is 0. The highest BCUT2D eigenvalue weighted by atomic mass is 19.4. The maximum atomic E-state index is 13.0. The molecule has 2 fully saturated rings. The Bertz CT molecular complexity index is 1370. The van der Waals surface area contributed by atoms with Crippen LogP contribution in [0.25, 0.3) is 11.3 Å². The van der Waals surface area contributed by atoms with Gasteiger partial charge in [-0.05, 0) is 89.0 Å². The second-order valence-electron chi connectivity index (χ2n) is 12.6. The van der Waals surface area contributed by atoms with Gasteiger partial charge in [-0.3, -0.25) is 5.32 Å². The number of piperidine rings is 1. The molecule has 1 aliphatic heterocycles. The predicted molar refractivity (Wildman–Crippen MR) is 160 cm³/mol. The van der Waals surface area contributed by atoms with Crippen LogP contribution in [0.3, 0.4) is 0 Å². The number of carbonyl (C=O) groups is 1. The van der Waals surface area contributed by atoms with E-state index in [0.717, 1.165) is 68.9 Å². The van der Waals surface area contributed by atoms with Crippen molar-refractivity contribution in [2.24, 2.45) is 11.8 Å². The minimum absolute atomic E-state index is 0.225. The molecule has 3 aromatic rings. The van der Waals surface area contributed by atoms with E-state index in [1.165, 1.54) is 18.7 Å². The number of ether oxygens (including phenoxy) is 1. The fraction of sp³-hybridized carbons (Fsp3) is 0.531. The standard InChI is InChI=1S/C32H40F3N5O3/c1-31(2,3)43-30(41)38-24-11-6-10-23(17-24)27-19-37-29(42-27)39-26-12-5-4-9-22(26)16-21-8-7-15-40(20-21)25-13-14-28(36-18-25)32(33,34)35/h6,10-11,13-14,17-19,21-22,26H,4-5,7-9,12,15-16,20H2,1-3H3,(H,37,39)(H,38,41)/t21-,22+,26-/m1/s1. The first kappa shape index (κ1) is 30.7. The Labute approximate surface area is 250 Å². The zero-order valence-corrected chi connectivity index (χ0v) is 24.9. The number of amides is 1. The molecule has 0 unspecified atom stereocenters. The number of nitrogens with zero attached hydrogens (tertiary/aromatic N) is 3. The number of carbonyl (C=O) groups excluding carboxylic acids is 1. The molecule has 5 rings (SSSR count). The SMILES string of the molecule is CC(C)(C)OC(=O)Nc1cccc(-c2cnc(N[C@@H]3CCCC[C@H]3C[C@H]3CCCN(c4ccc(C(F)(F)F)nc4)C3)o2)c1. The van der Waals surface area contributed by atoms with Crippen LogP contribution < -0.4 is 15.5 Å². The van der Waals surface area contributed by atoms with Crippen molar-refractivity contribution in [1.29, 1.82) is 0 Å². The number of hydrogen-bond acceptors (Lipinski definition) is 7. The molecule has 1 saturated carbocycles. The summed E-state index contributed by atoms with van der Waals surface area (Å²) >= 11 is 0. The number of oxazole rings is 1. The first-order chi connectivity index (χ1) is 20.4. The maximum Gasteiger partial charge on any atom is 0.433 e. The Balaban J connectivity index is 1.19. The minimum Gasteiger partial charge on any atom is -0.444 e. The molecule has 3 heterocycles. The van der Waals surface area contributed by atoms with Crippen molar-refractivity contribution in [2.75, 3.05) is 28.6 Å². The summed E-state index contributed by atoms with van der Waals surface area (Å²) in [5.74, 6) is 1.49. The highest BCUT2D eigenvalue weighted by Gasteiger charge is 2.33. The van der Waals surface area contributed by atoms with Crippen molar-refractivity contribution in [1.82, 2.24) is 9.97 Å². The van der Waals surface area contributed by atoms with E-state index in [1.807, 2.05) is 39.0 Å². The molecule has 1 aliphatic carbocycles. The predicted octanol–water partition coefficient (Wildman–Crippen LogP) is 8.38. The average molecular weight is 600 g/mol. The van der Waals surface area contributed by atoms with Crippen LogP contribution in [0.15, 0.2) is 53.2 Å². The van der Waals surface area contributed by atoms with Crippen molar-refractivity contribution >= 4 is 23.5 Å². The summed E-state index contributed by atoms with van der Waals surface area (Å²) in [6.45, 7) is 7.08. The molecule has 3 atom stereocenters. The van der Waals surface area contributed by atoms with E-state index in [9.17, 15) is 18.0 Å². The van der Waals surface area contributed by atoms with Crippen LogP contribution in [0.2, 0.25) is 0 Å². The van der Waals surface area contributed by atoms with Crippen LogP contribution in [0.1, 0.15) is 71.4 Å². The first-order valence-electron chi connectivity index (χ1n) is 15.0. The van der Waals surface area contributed by atoms with Gasteiger partial charge in [0.25, 0.3) is 6.01 Å². The zero-order chi connectivity index (χ0) is 30.6. The van der Waals surface area contributed by atoms with Crippen molar-refractivity contribution in [3.05, 3.63) is 54.5 Å². The van der Waals surface area contributed by atoms with Gasteiger partial charge in [-0.1, -0.05) is 25.0 Å². The van der Waals surface area contributed by atoms with Gasteiger partial charge in [0.1, 0.15) is 11.3 Å². The minimum atomic E-state index is -4.43. The first-order valence-corrected chi connectivity index (χ1v) is 15.0. The fourth-order valence-corrected chi connectivity index (χ4v) is 6.15. The molecule has 2 aliphatic rings. The third-order valence-electron chi connectivity index (χ3n) is 8.07. The van der Waals surface area contributed by atoms with Gasteiger partial charge in [0.15, 0.2) is 5.76 Å². The molecular weight excluding hydrogens is 559 g/mol. The second kappa shape index (κ2) is 12.9. The van der Waals surface area contributed by atoms with E-state index < -0.39 is 23.6 Å².